The largest absolute Gasteiger partial charge is 0.493 e. The normalized spacial score (nSPS) is 10.3. The fourth-order valence-electron chi connectivity index (χ4n) is 3.27. The van der Waals surface area contributed by atoms with E-state index >= 15 is 0 Å². The highest BCUT2D eigenvalue weighted by molar-refractivity contribution is 6.05. The average molecular weight is 437 g/mol. The van der Waals surface area contributed by atoms with Crippen molar-refractivity contribution in [2.24, 2.45) is 0 Å². The van der Waals surface area contributed by atoms with Crippen molar-refractivity contribution in [3.8, 4) is 5.75 Å². The van der Waals surface area contributed by atoms with Crippen LogP contribution in [0.4, 0.5) is 11.4 Å². The molecule has 0 aromatic heterocycles. The maximum Gasteiger partial charge on any atom is 0.255 e. The van der Waals surface area contributed by atoms with Gasteiger partial charge >= 0.3 is 0 Å². The minimum absolute atomic E-state index is 0.182. The van der Waals surface area contributed by atoms with E-state index in [2.05, 4.69) is 22.8 Å². The lowest BCUT2D eigenvalue weighted by molar-refractivity contribution is 0.101. The zero-order valence-electron chi connectivity index (χ0n) is 18.0. The molecule has 0 saturated carbocycles. The molecule has 4 aromatic carbocycles. The Morgan fingerprint density at radius 1 is 0.576 bits per heavy atom. The third-order valence-electron chi connectivity index (χ3n) is 5.06. The number of carbonyl (C=O) groups excluding carboxylic acids is 2. The second kappa shape index (κ2) is 10.8. The van der Waals surface area contributed by atoms with Crippen LogP contribution in [-0.4, -0.2) is 18.4 Å². The van der Waals surface area contributed by atoms with Gasteiger partial charge in [-0.05, 0) is 66.2 Å². The van der Waals surface area contributed by atoms with Gasteiger partial charge in [-0.1, -0.05) is 48.5 Å². The molecule has 0 aliphatic heterocycles. The second-order valence-corrected chi connectivity index (χ2v) is 7.46. The molecule has 0 heterocycles. The Kier molecular flexibility index (Phi) is 7.13. The van der Waals surface area contributed by atoms with Crippen molar-refractivity contribution in [2.75, 3.05) is 17.2 Å². The summed E-state index contributed by atoms with van der Waals surface area (Å²) < 4.78 is 5.77. The Morgan fingerprint density at radius 3 is 1.61 bits per heavy atom. The maximum atomic E-state index is 12.6. The van der Waals surface area contributed by atoms with Crippen LogP contribution in [0.15, 0.2) is 109 Å². The first-order chi connectivity index (χ1) is 16.2. The number of nitrogens with one attached hydrogen (secondary N) is 2. The molecule has 2 amide bonds. The van der Waals surface area contributed by atoms with Gasteiger partial charge in [-0.2, -0.15) is 0 Å². The van der Waals surface area contributed by atoms with Gasteiger partial charge in [0.1, 0.15) is 5.75 Å². The van der Waals surface area contributed by atoms with Crippen LogP contribution < -0.4 is 15.4 Å². The van der Waals surface area contributed by atoms with Crippen LogP contribution in [0.25, 0.3) is 0 Å². The number of ether oxygens (including phenoxy) is 1. The molecular formula is C28H24N2O3. The third kappa shape index (κ3) is 6.31. The van der Waals surface area contributed by atoms with Crippen LogP contribution in [0, 0.1) is 0 Å². The summed E-state index contributed by atoms with van der Waals surface area (Å²) in [6.45, 7) is 0.572. The summed E-state index contributed by atoms with van der Waals surface area (Å²) in [6, 6.07) is 33.2. The number of benzene rings is 4. The summed E-state index contributed by atoms with van der Waals surface area (Å²) >= 11 is 0. The molecule has 4 rings (SSSR count). The Labute approximate surface area is 193 Å². The van der Waals surface area contributed by atoms with E-state index in [0.29, 0.717) is 29.1 Å². The number of rotatable bonds is 8. The summed E-state index contributed by atoms with van der Waals surface area (Å²) in [5.74, 6) is 0.325. The Bertz CT molecular complexity index is 1190. The zero-order chi connectivity index (χ0) is 22.9. The molecular weight excluding hydrogens is 412 g/mol. The predicted octanol–water partition coefficient (Wildman–Crippen LogP) is 5.81. The molecule has 0 bridgehead atoms. The van der Waals surface area contributed by atoms with Gasteiger partial charge in [0, 0.05) is 28.9 Å². The molecule has 164 valence electrons. The molecule has 0 unspecified atom stereocenters. The van der Waals surface area contributed by atoms with Crippen molar-refractivity contribution in [1.29, 1.82) is 0 Å². The highest BCUT2D eigenvalue weighted by Gasteiger charge is 2.08. The summed E-state index contributed by atoms with van der Waals surface area (Å²) in [5, 5.41) is 5.70. The molecule has 4 aromatic rings. The standard InChI is InChI=1S/C28H24N2O3/c31-27(22-9-5-2-6-10-22)29-24-13-15-25(16-14-24)30-28(32)23-11-17-26(18-12-23)33-20-19-21-7-3-1-4-8-21/h1-18H,19-20H2,(H,29,31)(H,30,32). The lowest BCUT2D eigenvalue weighted by Gasteiger charge is -2.09. The number of carbonyl (C=O) groups is 2. The van der Waals surface area contributed by atoms with Crippen molar-refractivity contribution >= 4 is 23.2 Å². The van der Waals surface area contributed by atoms with Gasteiger partial charge in [0.05, 0.1) is 6.61 Å². The Morgan fingerprint density at radius 2 is 1.06 bits per heavy atom. The van der Waals surface area contributed by atoms with E-state index < -0.39 is 0 Å². The van der Waals surface area contributed by atoms with Crippen molar-refractivity contribution in [3.05, 3.63) is 126 Å². The second-order valence-electron chi connectivity index (χ2n) is 7.46. The molecule has 33 heavy (non-hydrogen) atoms. The van der Waals surface area contributed by atoms with Crippen molar-refractivity contribution in [2.45, 2.75) is 6.42 Å². The van der Waals surface area contributed by atoms with Gasteiger partial charge in [0.2, 0.25) is 0 Å². The van der Waals surface area contributed by atoms with E-state index in [1.807, 2.05) is 36.4 Å². The molecule has 0 atom stereocenters. The van der Waals surface area contributed by atoms with Crippen LogP contribution in [0.3, 0.4) is 0 Å². The minimum Gasteiger partial charge on any atom is -0.493 e. The summed E-state index contributed by atoms with van der Waals surface area (Å²) in [7, 11) is 0. The quantitative estimate of drug-likeness (QED) is 0.366. The number of hydrogen-bond acceptors (Lipinski definition) is 3. The van der Waals surface area contributed by atoms with Gasteiger partial charge in [-0.15, -0.1) is 0 Å². The first-order valence-electron chi connectivity index (χ1n) is 10.7. The topological polar surface area (TPSA) is 67.4 Å². The maximum absolute atomic E-state index is 12.6. The van der Waals surface area contributed by atoms with Crippen LogP contribution in [0.1, 0.15) is 26.3 Å². The lowest BCUT2D eigenvalue weighted by Crippen LogP contribution is -2.13. The highest BCUT2D eigenvalue weighted by atomic mass is 16.5. The molecule has 2 N–H and O–H groups in total. The minimum atomic E-state index is -0.216. The fraction of sp³-hybridized carbons (Fsp3) is 0.0714. The van der Waals surface area contributed by atoms with E-state index in [-0.39, 0.29) is 11.8 Å². The lowest BCUT2D eigenvalue weighted by atomic mass is 10.1. The predicted molar refractivity (Wildman–Crippen MR) is 131 cm³/mol. The third-order valence-corrected chi connectivity index (χ3v) is 5.06. The molecule has 5 heteroatoms. The van der Waals surface area contributed by atoms with Crippen LogP contribution in [-0.2, 0) is 6.42 Å². The molecule has 0 aliphatic rings. The van der Waals surface area contributed by atoms with Crippen LogP contribution in [0.2, 0.25) is 0 Å². The summed E-state index contributed by atoms with van der Waals surface area (Å²) in [5.41, 5.74) is 3.63. The highest BCUT2D eigenvalue weighted by Crippen LogP contribution is 2.17. The van der Waals surface area contributed by atoms with Gasteiger partial charge in [0.15, 0.2) is 0 Å². The molecule has 0 spiro atoms. The Balaban J connectivity index is 1.27. The SMILES string of the molecule is O=C(Nc1ccc(NC(=O)c2ccc(OCCc3ccccc3)cc2)cc1)c1ccccc1. The molecule has 0 radical (unpaired) electrons. The first-order valence-corrected chi connectivity index (χ1v) is 10.7. The van der Waals surface area contributed by atoms with Gasteiger partial charge in [-0.3, -0.25) is 9.59 Å². The van der Waals surface area contributed by atoms with Gasteiger partial charge in [0.25, 0.3) is 11.8 Å². The van der Waals surface area contributed by atoms with E-state index in [4.69, 9.17) is 4.74 Å². The molecule has 0 aliphatic carbocycles. The van der Waals surface area contributed by atoms with E-state index in [1.165, 1.54) is 5.56 Å². The van der Waals surface area contributed by atoms with Crippen LogP contribution in [0.5, 0.6) is 5.75 Å². The molecule has 5 nitrogen and oxygen atoms in total. The first kappa shape index (κ1) is 21.8. The van der Waals surface area contributed by atoms with E-state index in [1.54, 1.807) is 60.7 Å². The average Bonchev–Trinajstić information content (AvgIpc) is 2.87. The molecule has 0 fully saturated rings. The number of amides is 2. The molecule has 0 saturated heterocycles. The number of hydrogen-bond donors (Lipinski definition) is 2. The van der Waals surface area contributed by atoms with Crippen molar-refractivity contribution in [1.82, 2.24) is 0 Å². The van der Waals surface area contributed by atoms with Gasteiger partial charge in [-0.25, -0.2) is 0 Å². The summed E-state index contributed by atoms with van der Waals surface area (Å²) in [4.78, 5) is 24.8. The van der Waals surface area contributed by atoms with Crippen molar-refractivity contribution < 1.29 is 14.3 Å². The summed E-state index contributed by atoms with van der Waals surface area (Å²) in [6.07, 6.45) is 0.824. The monoisotopic (exact) mass is 436 g/mol. The fourth-order valence-corrected chi connectivity index (χ4v) is 3.27. The number of anilines is 2. The van der Waals surface area contributed by atoms with Crippen LogP contribution >= 0.6 is 0 Å². The Hall–Kier alpha value is -4.38. The van der Waals surface area contributed by atoms with Gasteiger partial charge < -0.3 is 15.4 Å². The van der Waals surface area contributed by atoms with Crippen molar-refractivity contribution in [3.63, 3.8) is 0 Å². The van der Waals surface area contributed by atoms with E-state index in [0.717, 1.165) is 12.2 Å². The van der Waals surface area contributed by atoms with E-state index in [9.17, 15) is 9.59 Å². The smallest absolute Gasteiger partial charge is 0.255 e. The zero-order valence-corrected chi connectivity index (χ0v) is 18.0.